The second-order valence-electron chi connectivity index (χ2n) is 9.94. The second-order valence-corrected chi connectivity index (χ2v) is 11.7. The van der Waals surface area contributed by atoms with Gasteiger partial charge in [0.15, 0.2) is 0 Å². The summed E-state index contributed by atoms with van der Waals surface area (Å²) in [5.74, 6) is -2.95. The lowest BCUT2D eigenvalue weighted by Crippen LogP contribution is -2.46. The van der Waals surface area contributed by atoms with Crippen LogP contribution in [0.15, 0.2) is 71.8 Å². The number of nitrogens with zero attached hydrogens (tertiary/aromatic N) is 4. The van der Waals surface area contributed by atoms with Crippen LogP contribution in [0.3, 0.4) is 0 Å². The maximum absolute atomic E-state index is 13.1. The Morgan fingerprint density at radius 1 is 0.935 bits per heavy atom. The average Bonchev–Trinajstić information content (AvgIpc) is 3.34. The lowest BCUT2D eigenvalue weighted by atomic mass is 10.2. The van der Waals surface area contributed by atoms with Gasteiger partial charge in [-0.05, 0) is 54.6 Å². The lowest BCUT2D eigenvalue weighted by Gasteiger charge is -2.27. The van der Waals surface area contributed by atoms with Crippen molar-refractivity contribution < 1.29 is 53.9 Å². The number of ether oxygens (including phenoxy) is 1. The van der Waals surface area contributed by atoms with E-state index in [9.17, 15) is 44.3 Å². The molecule has 1 saturated heterocycles. The Labute approximate surface area is 256 Å². The largest absolute Gasteiger partial charge is 0.493 e. The van der Waals surface area contributed by atoms with E-state index in [1.807, 2.05) is 0 Å². The van der Waals surface area contributed by atoms with Gasteiger partial charge < -0.3 is 24.4 Å². The fourth-order valence-electron chi connectivity index (χ4n) is 4.57. The first-order chi connectivity index (χ1) is 21.6. The molecular formula is C28H23F6N5O6S. The molecule has 1 amide bonds. The number of rotatable bonds is 7. The summed E-state index contributed by atoms with van der Waals surface area (Å²) in [6.07, 6.45) is -9.71. The van der Waals surface area contributed by atoms with Crippen LogP contribution < -0.4 is 14.5 Å². The van der Waals surface area contributed by atoms with Crippen molar-refractivity contribution in [2.75, 3.05) is 30.6 Å². The highest BCUT2D eigenvalue weighted by molar-refractivity contribution is 7.92. The van der Waals surface area contributed by atoms with Gasteiger partial charge in [-0.3, -0.25) is 4.79 Å². The van der Waals surface area contributed by atoms with Crippen LogP contribution in [0.2, 0.25) is 0 Å². The number of amides is 1. The molecule has 5 rings (SSSR count). The first kappa shape index (κ1) is 32.6. The van der Waals surface area contributed by atoms with Crippen molar-refractivity contribution in [2.24, 2.45) is 7.05 Å². The number of benzene rings is 2. The Bertz CT molecular complexity index is 1870. The molecular weight excluding hydrogens is 648 g/mol. The van der Waals surface area contributed by atoms with Gasteiger partial charge in [0.25, 0.3) is 15.9 Å². The molecule has 0 radical (unpaired) electrons. The van der Waals surface area contributed by atoms with Gasteiger partial charge >= 0.3 is 18.3 Å². The van der Waals surface area contributed by atoms with Gasteiger partial charge in [0.2, 0.25) is 5.88 Å². The number of carbonyl (C=O) groups is 2. The topological polar surface area (TPSA) is 123 Å². The molecule has 0 atom stereocenters. The molecule has 0 unspecified atom stereocenters. The Balaban J connectivity index is 1.40. The van der Waals surface area contributed by atoms with E-state index in [4.69, 9.17) is 4.74 Å². The normalized spacial score (nSPS) is 14.3. The van der Waals surface area contributed by atoms with E-state index >= 15 is 0 Å². The van der Waals surface area contributed by atoms with Crippen LogP contribution in [-0.2, 0) is 32.9 Å². The highest BCUT2D eigenvalue weighted by atomic mass is 32.2. The molecule has 4 aromatic rings. The number of hydrogen-bond donors (Lipinski definition) is 1. The van der Waals surface area contributed by atoms with Crippen LogP contribution in [0.5, 0.6) is 11.6 Å². The Morgan fingerprint density at radius 3 is 2.20 bits per heavy atom. The molecule has 3 heterocycles. The summed E-state index contributed by atoms with van der Waals surface area (Å²) in [6.45, 7) is 2.50. The molecule has 11 nitrogen and oxygen atoms in total. The number of aromatic nitrogens is 2. The third kappa shape index (κ3) is 6.71. The minimum atomic E-state index is -5.62. The molecule has 1 N–H and O–H groups in total. The Morgan fingerprint density at radius 2 is 1.61 bits per heavy atom. The van der Waals surface area contributed by atoms with Gasteiger partial charge in [0, 0.05) is 50.2 Å². The molecule has 2 aromatic heterocycles. The van der Waals surface area contributed by atoms with E-state index in [1.165, 1.54) is 0 Å². The molecule has 1 aliphatic heterocycles. The van der Waals surface area contributed by atoms with E-state index in [1.54, 1.807) is 40.8 Å². The number of carbonyl (C=O) groups excluding carboxylic acids is 2. The predicted octanol–water partition coefficient (Wildman–Crippen LogP) is 4.65. The van der Waals surface area contributed by atoms with Crippen LogP contribution in [0.4, 0.5) is 32.0 Å². The fourth-order valence-corrected chi connectivity index (χ4v) is 5.79. The van der Waals surface area contributed by atoms with Gasteiger partial charge in [-0.15, -0.1) is 0 Å². The van der Waals surface area contributed by atoms with Crippen molar-refractivity contribution in [2.45, 2.75) is 17.2 Å². The molecule has 0 spiro atoms. The van der Waals surface area contributed by atoms with E-state index in [2.05, 4.69) is 15.1 Å². The van der Waals surface area contributed by atoms with Gasteiger partial charge in [-0.25, -0.2) is 9.78 Å². The number of halogens is 6. The van der Waals surface area contributed by atoms with Crippen LogP contribution in [0.25, 0.3) is 10.9 Å². The van der Waals surface area contributed by atoms with Crippen molar-refractivity contribution in [3.63, 3.8) is 0 Å². The zero-order chi connectivity index (χ0) is 33.4. The van der Waals surface area contributed by atoms with E-state index in [-0.39, 0.29) is 17.5 Å². The van der Waals surface area contributed by atoms with E-state index < -0.39 is 49.0 Å². The maximum Gasteiger partial charge on any atom is 0.493 e. The van der Waals surface area contributed by atoms with Crippen LogP contribution in [0.1, 0.15) is 16.1 Å². The summed E-state index contributed by atoms with van der Waals surface area (Å²) in [7, 11) is -3.43. The van der Waals surface area contributed by atoms with Gasteiger partial charge in [-0.2, -0.15) is 34.8 Å². The number of anilines is 1. The zero-order valence-corrected chi connectivity index (χ0v) is 24.4. The molecule has 0 saturated carbocycles. The number of pyridine rings is 1. The SMILES string of the molecule is Cn1c(C(=O)N2CCNCC2)cc2cc(Oc3ccc(N(OC(=O)C(F)(F)F)S(=O)(=O)c4ccc(C(F)(F)F)cc4)cn3)ccc21. The fraction of sp³-hybridized carbons (Fsp3) is 0.250. The van der Waals surface area contributed by atoms with Crippen molar-refractivity contribution in [3.05, 3.63) is 78.1 Å². The predicted molar refractivity (Wildman–Crippen MR) is 149 cm³/mol. The Kier molecular flexibility index (Phi) is 8.61. The number of sulfonamides is 1. The summed E-state index contributed by atoms with van der Waals surface area (Å²) >= 11 is 0. The summed E-state index contributed by atoms with van der Waals surface area (Å²) in [5, 5.41) is 3.84. The monoisotopic (exact) mass is 671 g/mol. The summed E-state index contributed by atoms with van der Waals surface area (Å²) in [5.41, 5.74) is -0.729. The molecule has 2 aromatic carbocycles. The van der Waals surface area contributed by atoms with Crippen LogP contribution >= 0.6 is 0 Å². The highest BCUT2D eigenvalue weighted by Gasteiger charge is 2.45. The number of aryl methyl sites for hydroxylation is 1. The summed E-state index contributed by atoms with van der Waals surface area (Å²) in [4.78, 5) is 33.5. The zero-order valence-electron chi connectivity index (χ0n) is 23.6. The van der Waals surface area contributed by atoms with Crippen molar-refractivity contribution in [3.8, 4) is 11.6 Å². The van der Waals surface area contributed by atoms with Gasteiger partial charge in [0.1, 0.15) is 17.1 Å². The van der Waals surface area contributed by atoms with Gasteiger partial charge in [-0.1, -0.05) is 4.47 Å². The molecule has 0 bridgehead atoms. The first-order valence-electron chi connectivity index (χ1n) is 13.3. The van der Waals surface area contributed by atoms with E-state index in [0.717, 1.165) is 23.8 Å². The quantitative estimate of drug-likeness (QED) is 0.223. The summed E-state index contributed by atoms with van der Waals surface area (Å²) in [6, 6.07) is 10.4. The lowest BCUT2D eigenvalue weighted by molar-refractivity contribution is -0.199. The highest BCUT2D eigenvalue weighted by Crippen LogP contribution is 2.33. The van der Waals surface area contributed by atoms with Crippen LogP contribution in [0, 0.1) is 0 Å². The summed E-state index contributed by atoms with van der Waals surface area (Å²) < 4.78 is 111. The van der Waals surface area contributed by atoms with E-state index in [0.29, 0.717) is 61.5 Å². The molecule has 1 aliphatic rings. The molecule has 244 valence electrons. The number of piperazine rings is 1. The number of fused-ring (bicyclic) bond motifs is 1. The maximum atomic E-state index is 13.1. The third-order valence-corrected chi connectivity index (χ3v) is 8.48. The minimum Gasteiger partial charge on any atom is -0.439 e. The average molecular weight is 672 g/mol. The van der Waals surface area contributed by atoms with Crippen molar-refractivity contribution >= 4 is 38.5 Å². The number of nitrogens with one attached hydrogen (secondary N) is 1. The van der Waals surface area contributed by atoms with Crippen molar-refractivity contribution in [1.82, 2.24) is 19.8 Å². The molecule has 46 heavy (non-hydrogen) atoms. The number of hydrogen-bond acceptors (Lipinski definition) is 8. The van der Waals surface area contributed by atoms with Gasteiger partial charge in [0.05, 0.1) is 16.7 Å². The standard InChI is InChI=1S/C28H23F6N5O6S/c1-37-22-8-5-20(14-17(22)15-23(37)25(40)38-12-10-35-11-13-38)44-24-9-4-19(16-36-24)39(45-26(41)28(32,33)34)46(42,43)21-6-2-18(3-7-21)27(29,30)31/h2-9,14-16,35H,10-13H2,1H3. The molecule has 1 fully saturated rings. The third-order valence-electron chi connectivity index (χ3n) is 6.89. The smallest absolute Gasteiger partial charge is 0.439 e. The minimum absolute atomic E-state index is 0.137. The van der Waals surface area contributed by atoms with Crippen molar-refractivity contribution in [1.29, 1.82) is 0 Å². The Hall–Kier alpha value is -4.84. The number of alkyl halides is 6. The molecule has 0 aliphatic carbocycles. The molecule has 18 heteroatoms. The first-order valence-corrected chi connectivity index (χ1v) is 14.7. The second kappa shape index (κ2) is 12.2. The van der Waals surface area contributed by atoms with Crippen LogP contribution in [-0.4, -0.2) is 67.1 Å².